The Morgan fingerprint density at radius 1 is 0.353 bits per heavy atom. The maximum Gasteiger partial charge on any atom is 0.148 e. The van der Waals surface area contributed by atoms with E-state index < -0.39 is 0 Å². The summed E-state index contributed by atoms with van der Waals surface area (Å²) in [5.41, 5.74) is 10.5. The molecule has 0 amide bonds. The summed E-state index contributed by atoms with van der Waals surface area (Å²) in [5, 5.41) is 0. The topological polar surface area (TPSA) is 0 Å². The number of aryl methyl sites for hydroxylation is 4. The van der Waals surface area contributed by atoms with Crippen LogP contribution in [0.25, 0.3) is 0 Å². The van der Waals surface area contributed by atoms with Gasteiger partial charge >= 0.3 is 0 Å². The quantitative estimate of drug-likeness (QED) is 0.244. The fraction of sp³-hybridized carbons (Fsp3) is 0.250. The van der Waals surface area contributed by atoms with Crippen molar-refractivity contribution < 1.29 is 17.0 Å². The predicted molar refractivity (Wildman–Crippen MR) is 144 cm³/mol. The third kappa shape index (κ3) is 4.89. The summed E-state index contributed by atoms with van der Waals surface area (Å²) >= 11 is 0. The first-order valence-electron chi connectivity index (χ1n) is 12.4. The summed E-state index contributed by atoms with van der Waals surface area (Å²) < 4.78 is 0.571. The van der Waals surface area contributed by atoms with Crippen molar-refractivity contribution in [3.05, 3.63) is 119 Å². The maximum atomic E-state index is 2.31. The Kier molecular flexibility index (Phi) is 8.88. The predicted octanol–water partition coefficient (Wildman–Crippen LogP) is 6.24. The van der Waals surface area contributed by atoms with E-state index in [2.05, 4.69) is 125 Å². The van der Waals surface area contributed by atoms with Gasteiger partial charge in [-0.25, -0.2) is 0 Å². The molecule has 0 N–H and O–H groups in total. The summed E-state index contributed by atoms with van der Waals surface area (Å²) in [6.07, 6.45) is 4.17. The molecule has 0 aliphatic heterocycles. The van der Waals surface area contributed by atoms with Crippen LogP contribution in [-0.2, 0) is 25.7 Å². The number of rotatable bonds is 8. The van der Waals surface area contributed by atoms with Crippen molar-refractivity contribution in [3.63, 3.8) is 0 Å². The molecule has 0 aliphatic carbocycles. The molecule has 4 aromatic carbocycles. The summed E-state index contributed by atoms with van der Waals surface area (Å²) in [4.78, 5) is 0. The van der Waals surface area contributed by atoms with Gasteiger partial charge in [0.25, 0.3) is 0 Å². The van der Waals surface area contributed by atoms with Gasteiger partial charge < -0.3 is 17.0 Å². The second kappa shape index (κ2) is 11.6. The maximum absolute atomic E-state index is 2.31. The zero-order valence-electron chi connectivity index (χ0n) is 20.9. The normalized spacial score (nSPS) is 11.2. The molecule has 0 radical (unpaired) electrons. The first-order chi connectivity index (χ1) is 16.1. The van der Waals surface area contributed by atoms with Gasteiger partial charge in [0, 0.05) is 48.5 Å². The lowest BCUT2D eigenvalue weighted by molar-refractivity contribution is -0.00000675. The molecule has 0 heterocycles. The fourth-order valence-corrected chi connectivity index (χ4v) is 4.72. The number of benzene rings is 4. The molecule has 0 bridgehead atoms. The first kappa shape index (κ1) is 25.9. The first-order valence-corrected chi connectivity index (χ1v) is 12.4. The molecule has 176 valence electrons. The van der Waals surface area contributed by atoms with E-state index in [1.807, 2.05) is 0 Å². The van der Waals surface area contributed by atoms with E-state index in [-0.39, 0.29) is 17.0 Å². The van der Waals surface area contributed by atoms with Crippen LogP contribution >= 0.6 is 0 Å². The zero-order valence-corrected chi connectivity index (χ0v) is 22.5. The van der Waals surface area contributed by atoms with Crippen LogP contribution in [-0.4, -0.2) is 0 Å². The van der Waals surface area contributed by atoms with Gasteiger partial charge in [-0.05, 0) is 47.9 Å². The molecule has 0 spiro atoms. The molecule has 34 heavy (non-hydrogen) atoms. The lowest BCUT2D eigenvalue weighted by Crippen LogP contribution is -3.00. The fourth-order valence-electron chi connectivity index (χ4n) is 4.72. The van der Waals surface area contributed by atoms with Crippen molar-refractivity contribution in [2.75, 3.05) is 0 Å². The molecular formula is C32H36BrN. The van der Waals surface area contributed by atoms with Crippen molar-refractivity contribution in [2.45, 2.75) is 53.4 Å². The van der Waals surface area contributed by atoms with Gasteiger partial charge in [-0.15, -0.1) is 0 Å². The van der Waals surface area contributed by atoms with Crippen molar-refractivity contribution >= 4 is 22.7 Å². The Labute approximate surface area is 216 Å². The minimum Gasteiger partial charge on any atom is -1.00 e. The molecule has 0 unspecified atom stereocenters. The van der Waals surface area contributed by atoms with E-state index in [9.17, 15) is 0 Å². The average Bonchev–Trinajstić information content (AvgIpc) is 2.90. The summed E-state index contributed by atoms with van der Waals surface area (Å²) in [7, 11) is 0. The van der Waals surface area contributed by atoms with Crippen LogP contribution in [0.3, 0.4) is 0 Å². The molecule has 4 aromatic rings. The molecule has 0 saturated heterocycles. The van der Waals surface area contributed by atoms with E-state index in [0.717, 1.165) is 25.7 Å². The van der Waals surface area contributed by atoms with Crippen LogP contribution in [0.1, 0.15) is 49.9 Å². The highest BCUT2D eigenvalue weighted by atomic mass is 79.9. The van der Waals surface area contributed by atoms with Crippen LogP contribution in [0.15, 0.2) is 97.1 Å². The molecule has 0 aliphatic rings. The summed E-state index contributed by atoms with van der Waals surface area (Å²) in [5.74, 6) is 0. The van der Waals surface area contributed by atoms with Gasteiger partial charge in [0.15, 0.2) is 0 Å². The number of quaternary nitrogens is 1. The number of hydrogen-bond acceptors (Lipinski definition) is 0. The van der Waals surface area contributed by atoms with Crippen LogP contribution in [0.4, 0.5) is 22.7 Å². The van der Waals surface area contributed by atoms with Crippen molar-refractivity contribution in [1.82, 2.24) is 4.48 Å². The highest BCUT2D eigenvalue weighted by Gasteiger charge is 2.39. The van der Waals surface area contributed by atoms with E-state index in [1.165, 1.54) is 45.0 Å². The second-order valence-corrected chi connectivity index (χ2v) is 8.75. The van der Waals surface area contributed by atoms with Crippen LogP contribution in [0.2, 0.25) is 0 Å². The van der Waals surface area contributed by atoms with Gasteiger partial charge in [-0.3, -0.25) is 0 Å². The third-order valence-electron chi connectivity index (χ3n) is 6.93. The molecule has 0 atom stereocenters. The minimum atomic E-state index is 0. The van der Waals surface area contributed by atoms with Crippen molar-refractivity contribution in [2.24, 2.45) is 0 Å². The Bertz CT molecular complexity index is 962. The molecule has 0 aromatic heterocycles. The third-order valence-corrected chi connectivity index (χ3v) is 6.93. The summed E-state index contributed by atoms with van der Waals surface area (Å²) in [6, 6.07) is 36.8. The van der Waals surface area contributed by atoms with Gasteiger partial charge in [0.1, 0.15) is 22.7 Å². The Morgan fingerprint density at radius 2 is 0.529 bits per heavy atom. The van der Waals surface area contributed by atoms with Gasteiger partial charge in [-0.2, -0.15) is 4.48 Å². The lowest BCUT2D eigenvalue weighted by atomic mass is 10.0. The molecule has 0 fully saturated rings. The highest BCUT2D eigenvalue weighted by molar-refractivity contribution is 5.81. The van der Waals surface area contributed by atoms with E-state index in [4.69, 9.17) is 0 Å². The van der Waals surface area contributed by atoms with Crippen molar-refractivity contribution in [1.29, 1.82) is 0 Å². The average molecular weight is 515 g/mol. The standard InChI is InChI=1S/C32H36N.BrH/c1-5-25-9-17-29(18-10-25)33(30-19-11-26(6-2)12-20-30,31-21-13-27(7-3)14-22-31)32-23-15-28(8-4)16-24-32;/h9-24H,5-8H2,1-4H3;1H/q+1;/p-1. The molecular weight excluding hydrogens is 478 g/mol. The van der Waals surface area contributed by atoms with Gasteiger partial charge in [0.2, 0.25) is 0 Å². The highest BCUT2D eigenvalue weighted by Crippen LogP contribution is 2.51. The van der Waals surface area contributed by atoms with Crippen LogP contribution in [0.5, 0.6) is 0 Å². The minimum absolute atomic E-state index is 0. The Balaban J connectivity index is 0.00000324. The van der Waals surface area contributed by atoms with Crippen LogP contribution in [0, 0.1) is 0 Å². The van der Waals surface area contributed by atoms with Gasteiger partial charge in [-0.1, -0.05) is 76.2 Å². The van der Waals surface area contributed by atoms with E-state index in [1.54, 1.807) is 0 Å². The SMILES string of the molecule is CCc1ccc([N+](c2ccc(CC)cc2)(c2ccc(CC)cc2)c2ccc(CC)cc2)cc1.[Br-]. The Hall–Kier alpha value is -2.68. The number of halogens is 1. The number of nitrogens with zero attached hydrogens (tertiary/aromatic N) is 1. The second-order valence-electron chi connectivity index (χ2n) is 8.75. The molecule has 1 nitrogen and oxygen atoms in total. The summed E-state index contributed by atoms with van der Waals surface area (Å²) in [6.45, 7) is 8.86. The van der Waals surface area contributed by atoms with Crippen molar-refractivity contribution in [3.8, 4) is 0 Å². The zero-order chi connectivity index (χ0) is 23.3. The number of hydrogen-bond donors (Lipinski definition) is 0. The smallest absolute Gasteiger partial charge is 0.148 e. The molecule has 4 rings (SSSR count). The largest absolute Gasteiger partial charge is 1.00 e. The van der Waals surface area contributed by atoms with Crippen LogP contribution < -0.4 is 21.5 Å². The van der Waals surface area contributed by atoms with Gasteiger partial charge in [0.05, 0.1) is 0 Å². The van der Waals surface area contributed by atoms with E-state index in [0.29, 0.717) is 4.48 Å². The monoisotopic (exact) mass is 513 g/mol. The van der Waals surface area contributed by atoms with E-state index >= 15 is 0 Å². The lowest BCUT2D eigenvalue weighted by Gasteiger charge is -2.37. The molecule has 0 saturated carbocycles. The molecule has 2 heteroatoms. The Morgan fingerprint density at radius 3 is 0.676 bits per heavy atom.